The minimum absolute atomic E-state index is 0.0360. The van der Waals surface area contributed by atoms with Gasteiger partial charge in [-0.2, -0.15) is 0 Å². The van der Waals surface area contributed by atoms with Gasteiger partial charge in [0.05, 0.1) is 30.4 Å². The van der Waals surface area contributed by atoms with Crippen molar-refractivity contribution >= 4 is 34.4 Å². The number of nitrogens with zero attached hydrogens (tertiary/aromatic N) is 1. The van der Waals surface area contributed by atoms with Gasteiger partial charge < -0.3 is 20.1 Å². The third kappa shape index (κ3) is 3.90. The fourth-order valence-electron chi connectivity index (χ4n) is 2.16. The Hall–Kier alpha value is -2.87. The van der Waals surface area contributed by atoms with Gasteiger partial charge >= 0.3 is 0 Å². The van der Waals surface area contributed by atoms with Crippen LogP contribution in [0.5, 0.6) is 11.5 Å². The van der Waals surface area contributed by atoms with E-state index in [1.165, 1.54) is 6.07 Å². The Morgan fingerprint density at radius 3 is 2.46 bits per heavy atom. The van der Waals surface area contributed by atoms with Crippen LogP contribution in [0.15, 0.2) is 36.4 Å². The van der Waals surface area contributed by atoms with Gasteiger partial charge in [0.2, 0.25) is 0 Å². The Morgan fingerprint density at radius 1 is 1.12 bits per heavy atom. The number of methoxy groups -OCH3 is 2. The molecule has 0 fully saturated rings. The highest BCUT2D eigenvalue weighted by molar-refractivity contribution is 7.80. The molecular weight excluding hydrogens is 330 g/mol. The average Bonchev–Trinajstić information content (AvgIpc) is 2.56. The van der Waals surface area contributed by atoms with E-state index in [-0.39, 0.29) is 5.69 Å². The number of hydrogen-bond acceptors (Lipinski definition) is 5. The predicted octanol–water partition coefficient (Wildman–Crippen LogP) is 3.73. The lowest BCUT2D eigenvalue weighted by Gasteiger charge is -2.14. The third-order valence-electron chi connectivity index (χ3n) is 3.39. The molecule has 0 bridgehead atoms. The predicted molar refractivity (Wildman–Crippen MR) is 97.2 cm³/mol. The van der Waals surface area contributed by atoms with E-state index in [1.807, 2.05) is 0 Å². The van der Waals surface area contributed by atoms with Gasteiger partial charge in [0.25, 0.3) is 5.69 Å². The summed E-state index contributed by atoms with van der Waals surface area (Å²) in [6.45, 7) is 1.67. The van der Waals surface area contributed by atoms with Crippen LogP contribution in [0.25, 0.3) is 0 Å². The van der Waals surface area contributed by atoms with E-state index >= 15 is 0 Å². The Morgan fingerprint density at radius 2 is 1.83 bits per heavy atom. The number of anilines is 2. The van der Waals surface area contributed by atoms with Crippen LogP contribution < -0.4 is 20.1 Å². The molecule has 0 unspecified atom stereocenters. The molecule has 0 saturated carbocycles. The third-order valence-corrected chi connectivity index (χ3v) is 3.60. The summed E-state index contributed by atoms with van der Waals surface area (Å²) in [5.41, 5.74) is 1.82. The zero-order valence-electron chi connectivity index (χ0n) is 13.5. The SMILES string of the molecule is COc1ccc(NC(=S)Nc2cccc([N+](=O)[O-])c2C)cc1OC. The molecule has 0 radical (unpaired) electrons. The van der Waals surface area contributed by atoms with E-state index in [9.17, 15) is 10.1 Å². The molecule has 0 atom stereocenters. The molecule has 0 aliphatic heterocycles. The number of nitrogens with one attached hydrogen (secondary N) is 2. The minimum atomic E-state index is -0.425. The molecule has 8 heteroatoms. The number of hydrogen-bond donors (Lipinski definition) is 2. The van der Waals surface area contributed by atoms with E-state index in [0.717, 1.165) is 0 Å². The van der Waals surface area contributed by atoms with Gasteiger partial charge in [-0.3, -0.25) is 10.1 Å². The standard InChI is InChI=1S/C16H17N3O4S/c1-10-12(5-4-6-13(10)19(20)21)18-16(24)17-11-7-8-14(22-2)15(9-11)23-3/h4-9H,1-3H3,(H2,17,18,24). The molecule has 0 spiro atoms. The normalized spacial score (nSPS) is 9.96. The van der Waals surface area contributed by atoms with E-state index < -0.39 is 4.92 Å². The molecule has 0 aliphatic carbocycles. The zero-order valence-corrected chi connectivity index (χ0v) is 14.3. The monoisotopic (exact) mass is 347 g/mol. The van der Waals surface area contributed by atoms with Crippen LogP contribution in [0.3, 0.4) is 0 Å². The quantitative estimate of drug-likeness (QED) is 0.484. The Labute approximate surface area is 144 Å². The van der Waals surface area contributed by atoms with Gasteiger partial charge in [-0.1, -0.05) is 6.07 Å². The number of rotatable bonds is 5. The van der Waals surface area contributed by atoms with Crippen LogP contribution in [0.4, 0.5) is 17.1 Å². The second-order valence-corrected chi connectivity index (χ2v) is 5.26. The van der Waals surface area contributed by atoms with Crippen molar-refractivity contribution in [2.45, 2.75) is 6.92 Å². The van der Waals surface area contributed by atoms with Crippen LogP contribution >= 0.6 is 12.2 Å². The molecule has 0 amide bonds. The molecule has 2 rings (SSSR count). The molecule has 2 aromatic rings. The van der Waals surface area contributed by atoms with Crippen molar-refractivity contribution in [3.05, 3.63) is 52.1 Å². The lowest BCUT2D eigenvalue weighted by atomic mass is 10.1. The van der Waals surface area contributed by atoms with E-state index in [4.69, 9.17) is 21.7 Å². The van der Waals surface area contributed by atoms with Crippen LogP contribution in [-0.4, -0.2) is 24.3 Å². The van der Waals surface area contributed by atoms with Gasteiger partial charge in [0.1, 0.15) is 0 Å². The lowest BCUT2D eigenvalue weighted by Crippen LogP contribution is -2.19. The number of nitro groups is 1. The summed E-state index contributed by atoms with van der Waals surface area (Å²) in [5.74, 6) is 1.17. The van der Waals surface area contributed by atoms with Crippen LogP contribution in [0, 0.1) is 17.0 Å². The van der Waals surface area contributed by atoms with Crippen LogP contribution in [0.2, 0.25) is 0 Å². The molecule has 0 saturated heterocycles. The fraction of sp³-hybridized carbons (Fsp3) is 0.188. The van der Waals surface area contributed by atoms with Crippen molar-refractivity contribution in [3.63, 3.8) is 0 Å². The van der Waals surface area contributed by atoms with E-state index in [1.54, 1.807) is 51.5 Å². The Kier molecular flexibility index (Phi) is 5.54. The first-order valence-corrected chi connectivity index (χ1v) is 7.41. The molecular formula is C16H17N3O4S. The first-order chi connectivity index (χ1) is 11.5. The average molecular weight is 347 g/mol. The summed E-state index contributed by atoms with van der Waals surface area (Å²) in [7, 11) is 3.10. The smallest absolute Gasteiger partial charge is 0.274 e. The second-order valence-electron chi connectivity index (χ2n) is 4.86. The van der Waals surface area contributed by atoms with Gasteiger partial charge in [-0.05, 0) is 37.3 Å². The summed E-state index contributed by atoms with van der Waals surface area (Å²) in [6.07, 6.45) is 0. The number of benzene rings is 2. The highest BCUT2D eigenvalue weighted by Crippen LogP contribution is 2.30. The summed E-state index contributed by atoms with van der Waals surface area (Å²) in [5, 5.41) is 17.3. The van der Waals surface area contributed by atoms with Crippen LogP contribution in [-0.2, 0) is 0 Å². The first-order valence-electron chi connectivity index (χ1n) is 7.00. The number of nitro benzene ring substituents is 1. The van der Waals surface area contributed by atoms with Gasteiger partial charge in [0.15, 0.2) is 16.6 Å². The van der Waals surface area contributed by atoms with E-state index in [0.29, 0.717) is 33.5 Å². The van der Waals surface area contributed by atoms with Crippen molar-refractivity contribution in [1.29, 1.82) is 0 Å². The number of ether oxygens (including phenoxy) is 2. The summed E-state index contributed by atoms with van der Waals surface area (Å²) in [6, 6.07) is 10.1. The largest absolute Gasteiger partial charge is 0.493 e. The van der Waals surface area contributed by atoms with E-state index in [2.05, 4.69) is 10.6 Å². The molecule has 126 valence electrons. The van der Waals surface area contributed by atoms with Gasteiger partial charge in [0, 0.05) is 17.8 Å². The highest BCUT2D eigenvalue weighted by atomic mass is 32.1. The molecule has 2 aromatic carbocycles. The van der Waals surface area contributed by atoms with Crippen molar-refractivity contribution in [1.82, 2.24) is 0 Å². The van der Waals surface area contributed by atoms with Gasteiger partial charge in [-0.15, -0.1) is 0 Å². The minimum Gasteiger partial charge on any atom is -0.493 e. The maximum absolute atomic E-state index is 11.0. The zero-order chi connectivity index (χ0) is 17.7. The molecule has 7 nitrogen and oxygen atoms in total. The molecule has 0 heterocycles. The maximum Gasteiger partial charge on any atom is 0.274 e. The molecule has 0 aromatic heterocycles. The second kappa shape index (κ2) is 7.60. The Balaban J connectivity index is 2.14. The molecule has 2 N–H and O–H groups in total. The topological polar surface area (TPSA) is 85.7 Å². The van der Waals surface area contributed by atoms with Crippen molar-refractivity contribution in [2.24, 2.45) is 0 Å². The summed E-state index contributed by atoms with van der Waals surface area (Å²) < 4.78 is 10.4. The Bertz CT molecular complexity index is 780. The highest BCUT2D eigenvalue weighted by Gasteiger charge is 2.14. The van der Waals surface area contributed by atoms with Gasteiger partial charge in [-0.25, -0.2) is 0 Å². The van der Waals surface area contributed by atoms with Crippen molar-refractivity contribution < 1.29 is 14.4 Å². The summed E-state index contributed by atoms with van der Waals surface area (Å²) in [4.78, 5) is 10.6. The summed E-state index contributed by atoms with van der Waals surface area (Å²) >= 11 is 5.26. The molecule has 24 heavy (non-hydrogen) atoms. The lowest BCUT2D eigenvalue weighted by molar-refractivity contribution is -0.385. The molecule has 0 aliphatic rings. The maximum atomic E-state index is 11.0. The van der Waals surface area contributed by atoms with Crippen molar-refractivity contribution in [3.8, 4) is 11.5 Å². The first kappa shape index (κ1) is 17.5. The number of thiocarbonyl (C=S) groups is 1. The van der Waals surface area contributed by atoms with Crippen LogP contribution in [0.1, 0.15) is 5.56 Å². The van der Waals surface area contributed by atoms with Crippen molar-refractivity contribution in [2.75, 3.05) is 24.9 Å². The fourth-order valence-corrected chi connectivity index (χ4v) is 2.38.